The standard InChI is InChI=1S/C26H48N6O4/c1-11-28-22(20-15-13-17-32(20)24(34)36-26(6,7)8)30(10)18(2)29-21(27-9)19-14-12-16-31(19)23(33)35-25(3,4)5/h18-20H,11-17H2,1-10H3,(H,27,29)/b28-22-/t18?,19-,20?/m0/s1. The predicted molar refractivity (Wildman–Crippen MR) is 144 cm³/mol. The molecule has 2 unspecified atom stereocenters. The fourth-order valence-electron chi connectivity index (χ4n) is 4.57. The number of hydrogen-bond acceptors (Lipinski definition) is 6. The third-order valence-electron chi connectivity index (χ3n) is 6.20. The van der Waals surface area contributed by atoms with Crippen LogP contribution in [0, 0.1) is 0 Å². The third-order valence-corrected chi connectivity index (χ3v) is 6.20. The molecule has 206 valence electrons. The number of ether oxygens (including phenoxy) is 2. The molecule has 0 aliphatic carbocycles. The second-order valence-electron chi connectivity index (χ2n) is 11.5. The molecule has 0 saturated carbocycles. The Bertz CT molecular complexity index is 829. The normalized spacial score (nSPS) is 22.5. The highest BCUT2D eigenvalue weighted by atomic mass is 16.6. The zero-order valence-electron chi connectivity index (χ0n) is 24.1. The van der Waals surface area contributed by atoms with Gasteiger partial charge in [-0.25, -0.2) is 14.6 Å². The van der Waals surface area contributed by atoms with Crippen LogP contribution in [0.1, 0.15) is 81.1 Å². The minimum Gasteiger partial charge on any atom is -0.444 e. The summed E-state index contributed by atoms with van der Waals surface area (Å²) in [4.78, 5) is 41.1. The Hall–Kier alpha value is -2.52. The van der Waals surface area contributed by atoms with E-state index in [9.17, 15) is 9.59 Å². The molecule has 10 heteroatoms. The lowest BCUT2D eigenvalue weighted by molar-refractivity contribution is 0.0252. The maximum absolute atomic E-state index is 12.9. The molecule has 1 N–H and O–H groups in total. The minimum atomic E-state index is -0.557. The topological polar surface area (TPSA) is 99.1 Å². The Morgan fingerprint density at radius 3 is 1.89 bits per heavy atom. The van der Waals surface area contributed by atoms with Crippen LogP contribution in [0.5, 0.6) is 0 Å². The summed E-state index contributed by atoms with van der Waals surface area (Å²) in [5, 5.41) is 3.22. The average Bonchev–Trinajstić information content (AvgIpc) is 3.42. The van der Waals surface area contributed by atoms with E-state index >= 15 is 0 Å². The number of amides is 2. The number of aliphatic imine (C=N–C) groups is 2. The molecule has 0 aromatic carbocycles. The maximum Gasteiger partial charge on any atom is 0.410 e. The van der Waals surface area contributed by atoms with Crippen LogP contribution in [-0.2, 0) is 9.47 Å². The Labute approximate surface area is 217 Å². The number of carbonyl (C=O) groups excluding carboxylic acids is 2. The molecule has 36 heavy (non-hydrogen) atoms. The van der Waals surface area contributed by atoms with Crippen molar-refractivity contribution >= 4 is 23.9 Å². The number of likely N-dealkylation sites (N-methyl/N-ethyl adjacent to an activating group) is 2. The van der Waals surface area contributed by atoms with Crippen LogP contribution in [0.15, 0.2) is 9.98 Å². The Morgan fingerprint density at radius 2 is 1.44 bits per heavy atom. The zero-order chi connectivity index (χ0) is 27.3. The van der Waals surface area contributed by atoms with Gasteiger partial charge in [0.05, 0.1) is 12.1 Å². The molecule has 2 fully saturated rings. The van der Waals surface area contributed by atoms with E-state index in [1.807, 2.05) is 74.4 Å². The van der Waals surface area contributed by atoms with Crippen LogP contribution in [0.4, 0.5) is 9.59 Å². The van der Waals surface area contributed by atoms with Gasteiger partial charge in [-0.1, -0.05) is 0 Å². The summed E-state index contributed by atoms with van der Waals surface area (Å²) >= 11 is 0. The van der Waals surface area contributed by atoms with Crippen LogP contribution in [0.2, 0.25) is 0 Å². The molecule has 2 amide bonds. The molecule has 2 rings (SSSR count). The number of hydrogen-bond donors (Lipinski definition) is 1. The van der Waals surface area contributed by atoms with Crippen molar-refractivity contribution in [1.29, 1.82) is 0 Å². The van der Waals surface area contributed by atoms with Crippen molar-refractivity contribution in [2.45, 2.75) is 111 Å². The highest BCUT2D eigenvalue weighted by Crippen LogP contribution is 2.25. The molecule has 10 nitrogen and oxygen atoms in total. The first-order chi connectivity index (χ1) is 16.7. The lowest BCUT2D eigenvalue weighted by atomic mass is 10.1. The van der Waals surface area contributed by atoms with Gasteiger partial charge in [-0.2, -0.15) is 0 Å². The summed E-state index contributed by atoms with van der Waals surface area (Å²) in [5.74, 6) is 1.56. The van der Waals surface area contributed by atoms with Gasteiger partial charge in [0.25, 0.3) is 0 Å². The molecule has 0 bridgehead atoms. The number of nitrogens with zero attached hydrogens (tertiary/aromatic N) is 5. The highest BCUT2D eigenvalue weighted by Gasteiger charge is 2.38. The van der Waals surface area contributed by atoms with E-state index in [-0.39, 0.29) is 30.4 Å². The van der Waals surface area contributed by atoms with Crippen molar-refractivity contribution in [2.24, 2.45) is 9.98 Å². The van der Waals surface area contributed by atoms with Crippen LogP contribution in [0.25, 0.3) is 0 Å². The van der Waals surface area contributed by atoms with Gasteiger partial charge in [-0.3, -0.25) is 14.8 Å². The highest BCUT2D eigenvalue weighted by molar-refractivity contribution is 5.93. The maximum atomic E-state index is 12.9. The van der Waals surface area contributed by atoms with E-state index in [4.69, 9.17) is 19.5 Å². The quantitative estimate of drug-likeness (QED) is 0.443. The van der Waals surface area contributed by atoms with Gasteiger partial charge in [-0.05, 0) is 81.1 Å². The van der Waals surface area contributed by atoms with E-state index in [2.05, 4.69) is 5.32 Å². The second kappa shape index (κ2) is 12.1. The zero-order valence-corrected chi connectivity index (χ0v) is 24.1. The number of nitrogens with one attached hydrogen (secondary N) is 1. The smallest absolute Gasteiger partial charge is 0.410 e. The first-order valence-corrected chi connectivity index (χ1v) is 13.2. The van der Waals surface area contributed by atoms with Crippen LogP contribution in [0.3, 0.4) is 0 Å². The molecule has 2 saturated heterocycles. The van der Waals surface area contributed by atoms with Crippen molar-refractivity contribution in [3.63, 3.8) is 0 Å². The molecular weight excluding hydrogens is 460 g/mol. The lowest BCUT2D eigenvalue weighted by Gasteiger charge is -2.35. The molecular formula is C26H48N6O4. The largest absolute Gasteiger partial charge is 0.444 e. The van der Waals surface area contributed by atoms with E-state index in [0.717, 1.165) is 37.4 Å². The van der Waals surface area contributed by atoms with Gasteiger partial charge in [0.15, 0.2) is 0 Å². The SMILES string of the molecule is CC/N=C(/C1CCCN1C(=O)OC(C)(C)C)N(C)C(C)/N=C(\NC)[C@@H]1CCCN1C(=O)OC(C)(C)C. The Morgan fingerprint density at radius 1 is 0.972 bits per heavy atom. The van der Waals surface area contributed by atoms with E-state index < -0.39 is 11.2 Å². The number of carbonyl (C=O) groups is 2. The van der Waals surface area contributed by atoms with Crippen molar-refractivity contribution in [3.8, 4) is 0 Å². The second-order valence-corrected chi connectivity index (χ2v) is 11.5. The van der Waals surface area contributed by atoms with E-state index in [1.54, 1.807) is 9.80 Å². The van der Waals surface area contributed by atoms with Gasteiger partial charge < -0.3 is 19.7 Å². The number of amidine groups is 2. The van der Waals surface area contributed by atoms with Gasteiger partial charge >= 0.3 is 12.2 Å². The molecule has 2 heterocycles. The van der Waals surface area contributed by atoms with Gasteiger partial charge in [0.1, 0.15) is 29.0 Å². The fraction of sp³-hybridized carbons (Fsp3) is 0.846. The molecule has 0 aromatic heterocycles. The molecule has 0 aromatic rings. The summed E-state index contributed by atoms with van der Waals surface area (Å²) in [6, 6.07) is -0.331. The summed E-state index contributed by atoms with van der Waals surface area (Å²) in [7, 11) is 3.79. The van der Waals surface area contributed by atoms with E-state index in [1.165, 1.54) is 0 Å². The first kappa shape index (κ1) is 29.7. The summed E-state index contributed by atoms with van der Waals surface area (Å²) in [6.07, 6.45) is 2.54. The van der Waals surface area contributed by atoms with Crippen LogP contribution in [-0.4, -0.2) is 102 Å². The molecule has 2 aliphatic rings. The fourth-order valence-corrected chi connectivity index (χ4v) is 4.57. The average molecular weight is 509 g/mol. The van der Waals surface area contributed by atoms with Gasteiger partial charge in [0.2, 0.25) is 0 Å². The number of likely N-dealkylation sites (tertiary alicyclic amines) is 2. The van der Waals surface area contributed by atoms with Crippen molar-refractivity contribution in [1.82, 2.24) is 20.0 Å². The minimum absolute atomic E-state index is 0.162. The summed E-state index contributed by atoms with van der Waals surface area (Å²) in [6.45, 7) is 17.1. The Balaban J connectivity index is 2.24. The van der Waals surface area contributed by atoms with Gasteiger partial charge in [-0.15, -0.1) is 0 Å². The third kappa shape index (κ3) is 8.00. The molecule has 2 aliphatic heterocycles. The predicted octanol–water partition coefficient (Wildman–Crippen LogP) is 4.10. The summed E-state index contributed by atoms with van der Waals surface area (Å²) in [5.41, 5.74) is -1.11. The van der Waals surface area contributed by atoms with E-state index in [0.29, 0.717) is 19.6 Å². The number of rotatable bonds is 5. The molecule has 0 radical (unpaired) electrons. The van der Waals surface area contributed by atoms with Crippen molar-refractivity contribution < 1.29 is 19.1 Å². The van der Waals surface area contributed by atoms with Gasteiger partial charge in [0, 0.05) is 33.7 Å². The lowest BCUT2D eigenvalue weighted by Crippen LogP contribution is -2.51. The van der Waals surface area contributed by atoms with Crippen molar-refractivity contribution in [3.05, 3.63) is 0 Å². The Kier molecular flexibility index (Phi) is 10.0. The first-order valence-electron chi connectivity index (χ1n) is 13.2. The molecule has 0 spiro atoms. The van der Waals surface area contributed by atoms with Crippen LogP contribution < -0.4 is 5.32 Å². The van der Waals surface area contributed by atoms with Crippen molar-refractivity contribution in [2.75, 3.05) is 33.7 Å². The monoisotopic (exact) mass is 508 g/mol. The summed E-state index contributed by atoms with van der Waals surface area (Å²) < 4.78 is 11.3. The molecule has 3 atom stereocenters. The van der Waals surface area contributed by atoms with Crippen LogP contribution >= 0.6 is 0 Å².